The molecule has 0 atom stereocenters. The minimum absolute atomic E-state index is 0.331. The highest BCUT2D eigenvalue weighted by molar-refractivity contribution is 7.25. The fraction of sp³-hybridized carbons (Fsp3) is 0.357. The second-order valence-electron chi connectivity index (χ2n) is 20.6. The summed E-state index contributed by atoms with van der Waals surface area (Å²) in [7, 11) is 0. The van der Waals surface area contributed by atoms with Crippen molar-refractivity contribution in [1.29, 1.82) is 0 Å². The summed E-state index contributed by atoms with van der Waals surface area (Å²) < 4.78 is 5.40. The molecule has 2 aromatic heterocycles. The van der Waals surface area contributed by atoms with Crippen LogP contribution in [0.1, 0.15) is 88.2 Å². The molecule has 1 nitrogen and oxygen atoms in total. The van der Waals surface area contributed by atoms with Gasteiger partial charge in [0.15, 0.2) is 0 Å². The first-order chi connectivity index (χ1) is 28.5. The van der Waals surface area contributed by atoms with Crippen molar-refractivity contribution < 1.29 is 0 Å². The Balaban J connectivity index is 0.936. The Kier molecular flexibility index (Phi) is 6.85. The van der Waals surface area contributed by atoms with Crippen molar-refractivity contribution in [2.24, 2.45) is 35.5 Å². The van der Waals surface area contributed by atoms with Crippen molar-refractivity contribution in [3.8, 4) is 27.9 Å². The third-order valence-electron chi connectivity index (χ3n) is 17.1. The van der Waals surface area contributed by atoms with Crippen LogP contribution in [0, 0.1) is 35.5 Å². The first-order valence-corrected chi connectivity index (χ1v) is 23.6. The van der Waals surface area contributed by atoms with Gasteiger partial charge in [0.2, 0.25) is 0 Å². The molecule has 2 heteroatoms. The Morgan fingerprint density at radius 1 is 0.431 bits per heavy atom. The molecule has 0 radical (unpaired) electrons. The molecular weight excluding hydrogens is 719 g/mol. The average Bonchev–Trinajstić information content (AvgIpc) is 3.78. The van der Waals surface area contributed by atoms with Gasteiger partial charge in [0.25, 0.3) is 0 Å². The largest absolute Gasteiger partial charge is 0.309 e. The minimum atomic E-state index is 0.331. The lowest BCUT2D eigenvalue weighted by Crippen LogP contribution is -2.48. The van der Waals surface area contributed by atoms with Crippen molar-refractivity contribution in [2.75, 3.05) is 0 Å². The van der Waals surface area contributed by atoms with Gasteiger partial charge in [0, 0.05) is 36.5 Å². The first-order valence-electron chi connectivity index (χ1n) is 22.7. The molecule has 0 spiro atoms. The maximum absolute atomic E-state index is 2.76. The monoisotopic (exact) mass is 769 g/mol. The number of hydrogen-bond acceptors (Lipinski definition) is 1. The summed E-state index contributed by atoms with van der Waals surface area (Å²) in [5.74, 6) is 5.61. The second-order valence-corrected chi connectivity index (χ2v) is 21.7. The molecule has 8 fully saturated rings. The molecule has 0 aliphatic heterocycles. The highest BCUT2D eigenvalue weighted by Gasteiger charge is 2.53. The number of para-hydroxylation sites is 1. The van der Waals surface area contributed by atoms with Crippen molar-refractivity contribution in [2.45, 2.75) is 87.9 Å². The SMILES string of the molecule is c1ccc(-n2c3ccc(C45CC6CC(CC(C6)C4)C5)cc3c3c(C45CC6CC(CC(C6)C4)C5)cccc32)c(-c2ccc(-c3ccc4sc5ccccc5c4c3)cc2)c1. The molecule has 286 valence electrons. The molecule has 8 aromatic rings. The van der Waals surface area contributed by atoms with Gasteiger partial charge in [0.05, 0.1) is 16.7 Å². The van der Waals surface area contributed by atoms with Gasteiger partial charge in [-0.2, -0.15) is 0 Å². The van der Waals surface area contributed by atoms with E-state index in [9.17, 15) is 0 Å². The molecule has 8 aliphatic rings. The predicted octanol–water partition coefficient (Wildman–Crippen LogP) is 15.4. The molecule has 0 saturated heterocycles. The molecular formula is C56H51NS. The molecule has 8 aliphatic carbocycles. The van der Waals surface area contributed by atoms with E-state index in [0.29, 0.717) is 10.8 Å². The molecule has 6 aromatic carbocycles. The summed E-state index contributed by atoms with van der Waals surface area (Å²) in [6, 6.07) is 49.9. The molecule has 8 saturated carbocycles. The van der Waals surface area contributed by atoms with Crippen molar-refractivity contribution in [3.63, 3.8) is 0 Å². The zero-order valence-corrected chi connectivity index (χ0v) is 34.2. The maximum atomic E-state index is 2.76. The third-order valence-corrected chi connectivity index (χ3v) is 18.3. The van der Waals surface area contributed by atoms with Crippen molar-refractivity contribution in [1.82, 2.24) is 4.57 Å². The number of hydrogen-bond donors (Lipinski definition) is 0. The van der Waals surface area contributed by atoms with Crippen LogP contribution in [0.15, 0.2) is 127 Å². The Bertz CT molecular complexity index is 2900. The van der Waals surface area contributed by atoms with Crippen molar-refractivity contribution in [3.05, 3.63) is 139 Å². The van der Waals surface area contributed by atoms with Gasteiger partial charge in [-0.3, -0.25) is 0 Å². The first kappa shape index (κ1) is 33.2. The number of nitrogens with zero attached hydrogens (tertiary/aromatic N) is 1. The highest BCUT2D eigenvalue weighted by atomic mass is 32.1. The normalized spacial score (nSPS) is 30.8. The van der Waals surface area contributed by atoms with E-state index in [-0.39, 0.29) is 0 Å². The zero-order chi connectivity index (χ0) is 37.7. The molecule has 2 heterocycles. The van der Waals surface area contributed by atoms with E-state index in [2.05, 4.69) is 132 Å². The van der Waals surface area contributed by atoms with E-state index >= 15 is 0 Å². The third kappa shape index (κ3) is 4.76. The van der Waals surface area contributed by atoms with Crippen LogP contribution in [0.25, 0.3) is 69.9 Å². The quantitative estimate of drug-likeness (QED) is 0.164. The zero-order valence-electron chi connectivity index (χ0n) is 33.4. The molecule has 0 unspecified atom stereocenters. The van der Waals surface area contributed by atoms with Gasteiger partial charge in [-0.1, -0.05) is 84.9 Å². The minimum Gasteiger partial charge on any atom is -0.309 e. The number of rotatable bonds is 5. The van der Waals surface area contributed by atoms with Gasteiger partial charge in [-0.25, -0.2) is 0 Å². The molecule has 0 N–H and O–H groups in total. The maximum Gasteiger partial charge on any atom is 0.0544 e. The number of thiophene rings is 1. The lowest BCUT2D eigenvalue weighted by atomic mass is 9.47. The van der Waals surface area contributed by atoms with Crippen LogP contribution in [-0.2, 0) is 10.8 Å². The van der Waals surface area contributed by atoms with Crippen LogP contribution in [0.2, 0.25) is 0 Å². The molecule has 8 bridgehead atoms. The Morgan fingerprint density at radius 3 is 1.76 bits per heavy atom. The number of aromatic nitrogens is 1. The summed E-state index contributed by atoms with van der Waals surface area (Å²) >= 11 is 1.89. The standard InChI is InChI=1S/C56H51NS/c1-3-9-49(44(6-1)41-14-12-40(13-15-41)42-16-19-53-46(26-42)45-7-2-4-11-52(45)58-53)57-50-18-17-43(55-28-34-20-35(29-55)22-36(21-34)30-55)27-47(50)54-48(8-5-10-51(54)57)56-31-37-23-38(32-56)25-39(24-37)33-56/h1-19,26-27,34-39H,20-25,28-33H2. The van der Waals surface area contributed by atoms with Gasteiger partial charge < -0.3 is 4.57 Å². The van der Waals surface area contributed by atoms with Crippen molar-refractivity contribution >= 4 is 53.3 Å². The van der Waals surface area contributed by atoms with Crippen LogP contribution in [0.5, 0.6) is 0 Å². The molecule has 16 rings (SSSR count). The summed E-state index contributed by atoms with van der Waals surface area (Å²) in [5.41, 5.74) is 13.3. The summed E-state index contributed by atoms with van der Waals surface area (Å²) in [4.78, 5) is 0. The van der Waals surface area contributed by atoms with E-state index in [1.807, 2.05) is 11.3 Å². The Hall–Kier alpha value is -4.66. The predicted molar refractivity (Wildman–Crippen MR) is 244 cm³/mol. The van der Waals surface area contributed by atoms with Crippen LogP contribution < -0.4 is 0 Å². The van der Waals surface area contributed by atoms with Crippen LogP contribution in [0.3, 0.4) is 0 Å². The summed E-state index contributed by atoms with van der Waals surface area (Å²) in [5, 5.41) is 5.82. The summed E-state index contributed by atoms with van der Waals surface area (Å²) in [6.07, 6.45) is 17.4. The van der Waals surface area contributed by atoms with E-state index in [1.165, 1.54) is 142 Å². The highest BCUT2D eigenvalue weighted by Crippen LogP contribution is 2.63. The smallest absolute Gasteiger partial charge is 0.0544 e. The van der Waals surface area contributed by atoms with Crippen LogP contribution >= 0.6 is 11.3 Å². The Morgan fingerprint density at radius 2 is 1.03 bits per heavy atom. The van der Waals surface area contributed by atoms with E-state index in [1.54, 1.807) is 16.5 Å². The lowest BCUT2D eigenvalue weighted by molar-refractivity contribution is -0.00512. The fourth-order valence-electron chi connectivity index (χ4n) is 15.7. The second kappa shape index (κ2) is 12.0. The number of benzene rings is 6. The van der Waals surface area contributed by atoms with Crippen LogP contribution in [0.4, 0.5) is 0 Å². The van der Waals surface area contributed by atoms with Gasteiger partial charge >= 0.3 is 0 Å². The fourth-order valence-corrected chi connectivity index (χ4v) is 16.8. The van der Waals surface area contributed by atoms with E-state index in [4.69, 9.17) is 0 Å². The van der Waals surface area contributed by atoms with Gasteiger partial charge in [0.1, 0.15) is 0 Å². The molecule has 58 heavy (non-hydrogen) atoms. The lowest BCUT2D eigenvalue weighted by Gasteiger charge is -2.57. The number of fused-ring (bicyclic) bond motifs is 6. The summed E-state index contributed by atoms with van der Waals surface area (Å²) in [6.45, 7) is 0. The van der Waals surface area contributed by atoms with Gasteiger partial charge in [-0.15, -0.1) is 11.3 Å². The molecule has 0 amide bonds. The Labute approximate surface area is 346 Å². The van der Waals surface area contributed by atoms with E-state index < -0.39 is 0 Å². The van der Waals surface area contributed by atoms with E-state index in [0.717, 1.165) is 35.5 Å². The topological polar surface area (TPSA) is 4.93 Å². The average molecular weight is 770 g/mol. The van der Waals surface area contributed by atoms with Crippen LogP contribution in [-0.4, -0.2) is 4.57 Å². The van der Waals surface area contributed by atoms with Gasteiger partial charge in [-0.05, 0) is 194 Å².